The van der Waals surface area contributed by atoms with Crippen LogP contribution in [0.1, 0.15) is 16.9 Å². The molecule has 20 heavy (non-hydrogen) atoms. The van der Waals surface area contributed by atoms with Crippen LogP contribution in [0, 0.1) is 0 Å². The predicted molar refractivity (Wildman–Crippen MR) is 76.3 cm³/mol. The van der Waals surface area contributed by atoms with Crippen molar-refractivity contribution >= 4 is 23.4 Å². The minimum absolute atomic E-state index is 0.0563. The van der Waals surface area contributed by atoms with Gasteiger partial charge in [0, 0.05) is 23.7 Å². The summed E-state index contributed by atoms with van der Waals surface area (Å²) in [5.74, 6) is -0.355. The maximum absolute atomic E-state index is 11.1. The first-order valence-electron chi connectivity index (χ1n) is 6.26. The third kappa shape index (κ3) is 2.32. The molecule has 1 saturated heterocycles. The van der Waals surface area contributed by atoms with Crippen LogP contribution in [0.5, 0.6) is 0 Å². The Morgan fingerprint density at radius 3 is 2.50 bits per heavy atom. The number of carboxylic acids is 1. The second-order valence-electron chi connectivity index (χ2n) is 4.58. The Labute approximate surface area is 120 Å². The lowest BCUT2D eigenvalue weighted by Gasteiger charge is -2.33. The van der Waals surface area contributed by atoms with Crippen LogP contribution in [-0.2, 0) is 0 Å². The molecule has 1 aliphatic heterocycles. The first-order chi connectivity index (χ1) is 9.65. The van der Waals surface area contributed by atoms with Crippen LogP contribution >= 0.6 is 11.6 Å². The van der Waals surface area contributed by atoms with Gasteiger partial charge in [-0.05, 0) is 18.6 Å². The number of aromatic carboxylic acids is 1. The van der Waals surface area contributed by atoms with E-state index in [9.17, 15) is 4.79 Å². The fourth-order valence-corrected chi connectivity index (χ4v) is 2.17. The molecule has 0 radical (unpaired) electrons. The van der Waals surface area contributed by atoms with E-state index in [4.69, 9.17) is 16.7 Å². The summed E-state index contributed by atoms with van der Waals surface area (Å²) in [4.78, 5) is 21.7. The lowest BCUT2D eigenvalue weighted by atomic mass is 10.1. The number of hydrogen-bond donors (Lipinski definition) is 1. The Bertz CT molecular complexity index is 654. The molecule has 1 N–H and O–H groups in total. The van der Waals surface area contributed by atoms with Gasteiger partial charge < -0.3 is 10.0 Å². The molecule has 0 atom stereocenters. The molecular weight excluding hydrogens is 278 g/mol. The molecule has 0 saturated carbocycles. The number of rotatable bonds is 3. The Morgan fingerprint density at radius 2 is 1.95 bits per heavy atom. The molecule has 0 bridgehead atoms. The van der Waals surface area contributed by atoms with Gasteiger partial charge in [0.25, 0.3) is 0 Å². The van der Waals surface area contributed by atoms with E-state index in [0.29, 0.717) is 10.7 Å². The fourth-order valence-electron chi connectivity index (χ4n) is 2.05. The van der Waals surface area contributed by atoms with E-state index >= 15 is 0 Å². The minimum atomic E-state index is -1.08. The summed E-state index contributed by atoms with van der Waals surface area (Å²) in [7, 11) is 0. The Hall–Kier alpha value is -2.14. The van der Waals surface area contributed by atoms with E-state index in [-0.39, 0.29) is 5.69 Å². The summed E-state index contributed by atoms with van der Waals surface area (Å²) >= 11 is 5.88. The molecule has 102 valence electrons. The van der Waals surface area contributed by atoms with E-state index in [2.05, 4.69) is 14.9 Å². The number of anilines is 1. The zero-order valence-electron chi connectivity index (χ0n) is 10.6. The van der Waals surface area contributed by atoms with Crippen LogP contribution in [0.15, 0.2) is 30.5 Å². The molecular formula is C14H12ClN3O2. The number of benzene rings is 1. The minimum Gasteiger partial charge on any atom is -0.476 e. The van der Waals surface area contributed by atoms with Crippen molar-refractivity contribution in [2.45, 2.75) is 6.42 Å². The average molecular weight is 290 g/mol. The Balaban J connectivity index is 2.11. The van der Waals surface area contributed by atoms with Gasteiger partial charge in [-0.3, -0.25) is 0 Å². The van der Waals surface area contributed by atoms with Gasteiger partial charge in [-0.1, -0.05) is 23.7 Å². The fraction of sp³-hybridized carbons (Fsp3) is 0.214. The van der Waals surface area contributed by atoms with Crippen LogP contribution in [0.25, 0.3) is 11.3 Å². The largest absolute Gasteiger partial charge is 0.476 e. The maximum atomic E-state index is 11.1. The topological polar surface area (TPSA) is 66.3 Å². The van der Waals surface area contributed by atoms with Gasteiger partial charge in [0.1, 0.15) is 5.69 Å². The van der Waals surface area contributed by atoms with Crippen molar-refractivity contribution in [1.82, 2.24) is 9.97 Å². The van der Waals surface area contributed by atoms with Crippen molar-refractivity contribution in [3.05, 3.63) is 41.2 Å². The summed E-state index contributed by atoms with van der Waals surface area (Å²) in [6.07, 6.45) is 2.41. The highest BCUT2D eigenvalue weighted by molar-refractivity contribution is 6.30. The quantitative estimate of drug-likeness (QED) is 0.941. The summed E-state index contributed by atoms with van der Waals surface area (Å²) < 4.78 is 0. The van der Waals surface area contributed by atoms with Crippen LogP contribution in [0.4, 0.5) is 5.82 Å². The summed E-state index contributed by atoms with van der Waals surface area (Å²) in [6.45, 7) is 1.84. The zero-order chi connectivity index (χ0) is 14.1. The molecule has 5 nitrogen and oxygen atoms in total. The summed E-state index contributed by atoms with van der Waals surface area (Å²) in [6, 6.07) is 7.15. The van der Waals surface area contributed by atoms with Gasteiger partial charge >= 0.3 is 5.97 Å². The first kappa shape index (κ1) is 12.9. The standard InChI is InChI=1S/C14H12ClN3O2/c15-10-4-2-9(3-5-10)12-13(18-6-1-7-18)16-8-11(17-12)14(19)20/h2-5,8H,1,6-7H2,(H,19,20). The van der Waals surface area contributed by atoms with Gasteiger partial charge in [-0.2, -0.15) is 0 Å². The smallest absolute Gasteiger partial charge is 0.356 e. The van der Waals surface area contributed by atoms with Gasteiger partial charge in [-0.25, -0.2) is 14.8 Å². The second kappa shape index (κ2) is 5.09. The van der Waals surface area contributed by atoms with Crippen LogP contribution < -0.4 is 4.90 Å². The lowest BCUT2D eigenvalue weighted by molar-refractivity contribution is 0.0690. The van der Waals surface area contributed by atoms with E-state index < -0.39 is 5.97 Å². The molecule has 3 rings (SSSR count). The highest BCUT2D eigenvalue weighted by atomic mass is 35.5. The summed E-state index contributed by atoms with van der Waals surface area (Å²) in [5.41, 5.74) is 1.34. The van der Waals surface area contributed by atoms with Crippen molar-refractivity contribution in [3.63, 3.8) is 0 Å². The predicted octanol–water partition coefficient (Wildman–Crippen LogP) is 2.71. The van der Waals surface area contributed by atoms with Crippen molar-refractivity contribution in [2.24, 2.45) is 0 Å². The molecule has 2 heterocycles. The van der Waals surface area contributed by atoms with Gasteiger partial charge in [0.2, 0.25) is 0 Å². The van der Waals surface area contributed by atoms with Gasteiger partial charge in [-0.15, -0.1) is 0 Å². The van der Waals surface area contributed by atoms with Crippen LogP contribution in [0.3, 0.4) is 0 Å². The summed E-state index contributed by atoms with van der Waals surface area (Å²) in [5, 5.41) is 9.69. The monoisotopic (exact) mass is 289 g/mol. The van der Waals surface area contributed by atoms with Crippen LogP contribution in [-0.4, -0.2) is 34.1 Å². The van der Waals surface area contributed by atoms with Gasteiger partial charge in [0.15, 0.2) is 11.5 Å². The Morgan fingerprint density at radius 1 is 1.25 bits per heavy atom. The molecule has 1 aromatic heterocycles. The van der Waals surface area contributed by atoms with E-state index in [1.165, 1.54) is 6.20 Å². The molecule has 6 heteroatoms. The van der Waals surface area contributed by atoms with Gasteiger partial charge in [0.05, 0.1) is 6.20 Å². The molecule has 0 aliphatic carbocycles. The number of nitrogens with zero attached hydrogens (tertiary/aromatic N) is 3. The second-order valence-corrected chi connectivity index (χ2v) is 5.02. The third-order valence-electron chi connectivity index (χ3n) is 3.25. The third-order valence-corrected chi connectivity index (χ3v) is 3.50. The SMILES string of the molecule is O=C(O)c1cnc(N2CCC2)c(-c2ccc(Cl)cc2)n1. The molecule has 2 aromatic rings. The normalized spacial score (nSPS) is 13.9. The first-order valence-corrected chi connectivity index (χ1v) is 6.64. The zero-order valence-corrected chi connectivity index (χ0v) is 11.3. The Kier molecular flexibility index (Phi) is 3.28. The molecule has 0 unspecified atom stereocenters. The number of hydrogen-bond acceptors (Lipinski definition) is 4. The lowest BCUT2D eigenvalue weighted by Crippen LogP contribution is -2.38. The van der Waals surface area contributed by atoms with Crippen molar-refractivity contribution in [3.8, 4) is 11.3 Å². The molecule has 0 amide bonds. The molecule has 1 aliphatic rings. The van der Waals surface area contributed by atoms with Crippen molar-refractivity contribution in [1.29, 1.82) is 0 Å². The van der Waals surface area contributed by atoms with Crippen LogP contribution in [0.2, 0.25) is 5.02 Å². The maximum Gasteiger partial charge on any atom is 0.356 e. The van der Waals surface area contributed by atoms with Crippen molar-refractivity contribution < 1.29 is 9.90 Å². The number of carbonyl (C=O) groups is 1. The number of carboxylic acid groups (broad SMARTS) is 1. The highest BCUT2D eigenvalue weighted by Gasteiger charge is 2.22. The van der Waals surface area contributed by atoms with E-state index in [0.717, 1.165) is 30.9 Å². The van der Waals surface area contributed by atoms with Crippen molar-refractivity contribution in [2.75, 3.05) is 18.0 Å². The highest BCUT2D eigenvalue weighted by Crippen LogP contribution is 2.30. The number of aromatic nitrogens is 2. The average Bonchev–Trinajstić information content (AvgIpc) is 2.38. The van der Waals surface area contributed by atoms with E-state index in [1.54, 1.807) is 12.1 Å². The number of halogens is 1. The molecule has 1 fully saturated rings. The van der Waals surface area contributed by atoms with E-state index in [1.807, 2.05) is 12.1 Å². The molecule has 1 aromatic carbocycles. The molecule has 0 spiro atoms.